The van der Waals surface area contributed by atoms with Crippen molar-refractivity contribution in [3.8, 4) is 0 Å². The van der Waals surface area contributed by atoms with Crippen LogP contribution in [0.4, 0.5) is 0 Å². The smallest absolute Gasteiger partial charge is 0.230 e. The molecule has 0 aromatic heterocycles. The number of aryl methyl sites for hydroxylation is 2. The van der Waals surface area contributed by atoms with Gasteiger partial charge in [-0.25, -0.2) is 0 Å². The Bertz CT molecular complexity index is 647. The Balaban J connectivity index is 1.77. The lowest BCUT2D eigenvalue weighted by Crippen LogP contribution is -2.41. The SMILES string of the molecule is Cc1ccc(C(CCc2ccccc2)C(=O)N2CCSCC2)cc1. The molecule has 1 saturated heterocycles. The van der Waals surface area contributed by atoms with Crippen LogP contribution in [0.3, 0.4) is 0 Å². The van der Waals surface area contributed by atoms with Crippen LogP contribution in [0.1, 0.15) is 29.0 Å². The van der Waals surface area contributed by atoms with E-state index in [1.54, 1.807) is 0 Å². The van der Waals surface area contributed by atoms with Crippen LogP contribution in [0, 0.1) is 6.92 Å². The van der Waals surface area contributed by atoms with Crippen LogP contribution in [0.25, 0.3) is 0 Å². The molecule has 0 N–H and O–H groups in total. The van der Waals surface area contributed by atoms with Crippen molar-refractivity contribution in [2.24, 2.45) is 0 Å². The summed E-state index contributed by atoms with van der Waals surface area (Å²) in [4.78, 5) is 15.2. The molecule has 1 fully saturated rings. The van der Waals surface area contributed by atoms with Crippen LogP contribution in [0.5, 0.6) is 0 Å². The molecule has 3 heteroatoms. The number of carbonyl (C=O) groups is 1. The number of thioether (sulfide) groups is 1. The lowest BCUT2D eigenvalue weighted by molar-refractivity contribution is -0.132. The number of hydrogen-bond donors (Lipinski definition) is 0. The molecule has 24 heavy (non-hydrogen) atoms. The van der Waals surface area contributed by atoms with E-state index in [4.69, 9.17) is 0 Å². The quantitative estimate of drug-likeness (QED) is 0.810. The zero-order valence-corrected chi connectivity index (χ0v) is 15.1. The predicted molar refractivity (Wildman–Crippen MR) is 103 cm³/mol. The van der Waals surface area contributed by atoms with E-state index in [2.05, 4.69) is 60.4 Å². The molecule has 0 bridgehead atoms. The third kappa shape index (κ3) is 4.41. The minimum atomic E-state index is -0.0334. The van der Waals surface area contributed by atoms with Gasteiger partial charge in [0, 0.05) is 24.6 Å². The first-order chi connectivity index (χ1) is 11.7. The van der Waals surface area contributed by atoms with Crippen molar-refractivity contribution in [1.82, 2.24) is 4.90 Å². The second kappa shape index (κ2) is 8.39. The topological polar surface area (TPSA) is 20.3 Å². The van der Waals surface area contributed by atoms with Gasteiger partial charge >= 0.3 is 0 Å². The Morgan fingerprint density at radius 1 is 1.04 bits per heavy atom. The molecule has 0 saturated carbocycles. The Hall–Kier alpha value is -1.74. The van der Waals surface area contributed by atoms with Gasteiger partial charge in [-0.1, -0.05) is 60.2 Å². The van der Waals surface area contributed by atoms with Gasteiger partial charge in [0.15, 0.2) is 0 Å². The van der Waals surface area contributed by atoms with E-state index in [0.29, 0.717) is 5.91 Å². The minimum Gasteiger partial charge on any atom is -0.341 e. The standard InChI is InChI=1S/C21H25NOS/c1-17-7-10-19(11-8-17)20(12-9-18-5-3-2-4-6-18)21(23)22-13-15-24-16-14-22/h2-8,10-11,20H,9,12-16H2,1H3. The molecule has 1 heterocycles. The van der Waals surface area contributed by atoms with Gasteiger partial charge < -0.3 is 4.90 Å². The fourth-order valence-electron chi connectivity index (χ4n) is 3.19. The molecule has 2 aromatic carbocycles. The summed E-state index contributed by atoms with van der Waals surface area (Å²) in [6, 6.07) is 19.0. The highest BCUT2D eigenvalue weighted by molar-refractivity contribution is 7.99. The van der Waals surface area contributed by atoms with Crippen molar-refractivity contribution in [2.45, 2.75) is 25.7 Å². The largest absolute Gasteiger partial charge is 0.341 e. The number of hydrogen-bond acceptors (Lipinski definition) is 2. The second-order valence-electron chi connectivity index (χ2n) is 6.43. The van der Waals surface area contributed by atoms with Gasteiger partial charge in [-0.2, -0.15) is 11.8 Å². The molecule has 0 radical (unpaired) electrons. The van der Waals surface area contributed by atoms with Crippen molar-refractivity contribution in [3.63, 3.8) is 0 Å². The van der Waals surface area contributed by atoms with E-state index >= 15 is 0 Å². The van der Waals surface area contributed by atoms with Gasteiger partial charge in [0.05, 0.1) is 5.92 Å². The van der Waals surface area contributed by atoms with E-state index in [1.807, 2.05) is 17.8 Å². The summed E-state index contributed by atoms with van der Waals surface area (Å²) in [6.07, 6.45) is 1.81. The Morgan fingerprint density at radius 2 is 1.71 bits per heavy atom. The molecule has 2 aromatic rings. The zero-order valence-electron chi connectivity index (χ0n) is 14.3. The van der Waals surface area contributed by atoms with Gasteiger partial charge in [0.25, 0.3) is 0 Å². The predicted octanol–water partition coefficient (Wildman–Crippen LogP) is 4.29. The van der Waals surface area contributed by atoms with Crippen molar-refractivity contribution < 1.29 is 4.79 Å². The summed E-state index contributed by atoms with van der Waals surface area (Å²) in [5.74, 6) is 2.39. The van der Waals surface area contributed by atoms with Crippen LogP contribution in [0.15, 0.2) is 54.6 Å². The van der Waals surface area contributed by atoms with Crippen LogP contribution >= 0.6 is 11.8 Å². The van der Waals surface area contributed by atoms with E-state index in [0.717, 1.165) is 43.0 Å². The van der Waals surface area contributed by atoms with Gasteiger partial charge in [0.2, 0.25) is 5.91 Å². The number of amides is 1. The molecule has 1 unspecified atom stereocenters. The lowest BCUT2D eigenvalue weighted by Gasteiger charge is -2.30. The van der Waals surface area contributed by atoms with Crippen LogP contribution in [0.2, 0.25) is 0 Å². The maximum absolute atomic E-state index is 13.1. The minimum absolute atomic E-state index is 0.0334. The molecule has 1 aliphatic rings. The first kappa shape index (κ1) is 17.1. The highest BCUT2D eigenvalue weighted by atomic mass is 32.2. The Kier molecular flexibility index (Phi) is 5.97. The number of rotatable bonds is 5. The summed E-state index contributed by atoms with van der Waals surface area (Å²) < 4.78 is 0. The average Bonchev–Trinajstić information content (AvgIpc) is 2.65. The highest BCUT2D eigenvalue weighted by Crippen LogP contribution is 2.26. The highest BCUT2D eigenvalue weighted by Gasteiger charge is 2.26. The molecule has 1 aliphatic heterocycles. The van der Waals surface area contributed by atoms with E-state index in [9.17, 15) is 4.79 Å². The summed E-state index contributed by atoms with van der Waals surface area (Å²) in [6.45, 7) is 3.86. The molecule has 2 nitrogen and oxygen atoms in total. The van der Waals surface area contributed by atoms with E-state index < -0.39 is 0 Å². The maximum Gasteiger partial charge on any atom is 0.230 e. The first-order valence-electron chi connectivity index (χ1n) is 8.71. The third-order valence-corrected chi connectivity index (χ3v) is 5.61. The summed E-state index contributed by atoms with van der Waals surface area (Å²) in [5.41, 5.74) is 3.69. The number of nitrogens with zero attached hydrogens (tertiary/aromatic N) is 1. The maximum atomic E-state index is 13.1. The summed E-state index contributed by atoms with van der Waals surface area (Å²) in [5, 5.41) is 0. The fraction of sp³-hybridized carbons (Fsp3) is 0.381. The Morgan fingerprint density at radius 3 is 2.38 bits per heavy atom. The Labute approximate surface area is 149 Å². The van der Waals surface area contributed by atoms with Crippen LogP contribution in [-0.2, 0) is 11.2 Å². The van der Waals surface area contributed by atoms with Crippen LogP contribution in [-0.4, -0.2) is 35.4 Å². The molecule has 3 rings (SSSR count). The monoisotopic (exact) mass is 339 g/mol. The average molecular weight is 340 g/mol. The van der Waals surface area contributed by atoms with Crippen LogP contribution < -0.4 is 0 Å². The van der Waals surface area contributed by atoms with E-state index in [-0.39, 0.29) is 5.92 Å². The second-order valence-corrected chi connectivity index (χ2v) is 7.65. The van der Waals surface area contributed by atoms with Crippen molar-refractivity contribution in [1.29, 1.82) is 0 Å². The van der Waals surface area contributed by atoms with Gasteiger partial charge in [-0.05, 0) is 30.9 Å². The third-order valence-electron chi connectivity index (χ3n) is 4.67. The normalized spacial score (nSPS) is 16.0. The van der Waals surface area contributed by atoms with Gasteiger partial charge in [-0.15, -0.1) is 0 Å². The zero-order chi connectivity index (χ0) is 16.8. The van der Waals surface area contributed by atoms with Crippen molar-refractivity contribution in [3.05, 3.63) is 71.3 Å². The summed E-state index contributed by atoms with van der Waals surface area (Å²) >= 11 is 1.94. The van der Waals surface area contributed by atoms with Crippen molar-refractivity contribution in [2.75, 3.05) is 24.6 Å². The van der Waals surface area contributed by atoms with Crippen molar-refractivity contribution >= 4 is 17.7 Å². The van der Waals surface area contributed by atoms with Gasteiger partial charge in [0.1, 0.15) is 0 Å². The molecule has 126 valence electrons. The molecular weight excluding hydrogens is 314 g/mol. The lowest BCUT2D eigenvalue weighted by atomic mass is 9.90. The van der Waals surface area contributed by atoms with E-state index in [1.165, 1.54) is 11.1 Å². The van der Waals surface area contributed by atoms with Gasteiger partial charge in [-0.3, -0.25) is 4.79 Å². The molecular formula is C21H25NOS. The number of carbonyl (C=O) groups excluding carboxylic acids is 1. The number of benzene rings is 2. The first-order valence-corrected chi connectivity index (χ1v) is 9.86. The molecule has 0 aliphatic carbocycles. The molecule has 0 spiro atoms. The molecule has 1 atom stereocenters. The molecule has 1 amide bonds. The fourth-order valence-corrected chi connectivity index (χ4v) is 4.09. The summed E-state index contributed by atoms with van der Waals surface area (Å²) in [7, 11) is 0.